The van der Waals surface area contributed by atoms with E-state index in [1.165, 1.54) is 18.5 Å². The molecule has 0 atom stereocenters. The van der Waals surface area contributed by atoms with E-state index in [0.29, 0.717) is 11.3 Å². The second-order valence-electron chi connectivity index (χ2n) is 3.76. The van der Waals surface area contributed by atoms with Crippen LogP contribution in [0.2, 0.25) is 0 Å². The Morgan fingerprint density at radius 2 is 2.33 bits per heavy atom. The van der Waals surface area contributed by atoms with Crippen LogP contribution in [0.5, 0.6) is 11.6 Å². The van der Waals surface area contributed by atoms with Crippen molar-refractivity contribution in [3.63, 3.8) is 0 Å². The monoisotopic (exact) mass is 269 g/mol. The Balaban J connectivity index is 2.17. The largest absolute Gasteiger partial charge is 0.433 e. The minimum atomic E-state index is -0.532. The van der Waals surface area contributed by atoms with E-state index in [1.54, 1.807) is 10.9 Å². The fraction of sp³-hybridized carbons (Fsp3) is 0.333. The average molecular weight is 270 g/mol. The summed E-state index contributed by atoms with van der Waals surface area (Å²) in [5.74, 6) is -0.0682. The maximum absolute atomic E-state index is 13.8. The summed E-state index contributed by atoms with van der Waals surface area (Å²) in [5.41, 5.74) is 0.364. The van der Waals surface area contributed by atoms with Gasteiger partial charge in [-0.1, -0.05) is 6.92 Å². The number of rotatable bonds is 5. The number of hydrogen-bond acceptors (Lipinski definition) is 3. The van der Waals surface area contributed by atoms with Crippen LogP contribution in [0.15, 0.2) is 24.7 Å². The molecule has 0 aliphatic carbocycles. The van der Waals surface area contributed by atoms with E-state index in [2.05, 4.69) is 10.1 Å². The highest BCUT2D eigenvalue weighted by molar-refractivity contribution is 6.17. The first-order chi connectivity index (χ1) is 8.74. The molecule has 0 unspecified atom stereocenters. The van der Waals surface area contributed by atoms with Crippen molar-refractivity contribution >= 4 is 11.6 Å². The van der Waals surface area contributed by atoms with Crippen LogP contribution in [-0.2, 0) is 12.4 Å². The van der Waals surface area contributed by atoms with Gasteiger partial charge in [0.15, 0.2) is 11.6 Å². The van der Waals surface area contributed by atoms with Gasteiger partial charge < -0.3 is 4.74 Å². The van der Waals surface area contributed by atoms with E-state index in [-0.39, 0.29) is 11.8 Å². The quantitative estimate of drug-likeness (QED) is 0.782. The van der Waals surface area contributed by atoms with Crippen LogP contribution >= 0.6 is 11.6 Å². The number of hydrogen-bond donors (Lipinski definition) is 0. The van der Waals surface area contributed by atoms with E-state index in [4.69, 9.17) is 16.3 Å². The molecule has 0 aromatic carbocycles. The predicted octanol–water partition coefficient (Wildman–Crippen LogP) is 3.36. The van der Waals surface area contributed by atoms with Crippen molar-refractivity contribution in [2.24, 2.45) is 0 Å². The van der Waals surface area contributed by atoms with Crippen LogP contribution in [-0.4, -0.2) is 14.8 Å². The Morgan fingerprint density at radius 1 is 1.50 bits per heavy atom. The number of halogens is 2. The van der Waals surface area contributed by atoms with Crippen LogP contribution in [0.25, 0.3) is 0 Å². The smallest absolute Gasteiger partial charge is 0.256 e. The molecule has 0 radical (unpaired) electrons. The van der Waals surface area contributed by atoms with Crippen LogP contribution in [0, 0.1) is 5.82 Å². The molecular weight excluding hydrogens is 257 g/mol. The Labute approximate surface area is 109 Å². The van der Waals surface area contributed by atoms with Gasteiger partial charge in [-0.25, -0.2) is 9.37 Å². The lowest BCUT2D eigenvalue weighted by Crippen LogP contribution is -1.96. The summed E-state index contributed by atoms with van der Waals surface area (Å²) in [6.07, 6.45) is 5.67. The summed E-state index contributed by atoms with van der Waals surface area (Å²) in [5, 5.41) is 4.09. The van der Waals surface area contributed by atoms with Crippen molar-refractivity contribution in [2.45, 2.75) is 25.8 Å². The van der Waals surface area contributed by atoms with Crippen LogP contribution in [0.1, 0.15) is 18.9 Å². The summed E-state index contributed by atoms with van der Waals surface area (Å²) >= 11 is 5.61. The van der Waals surface area contributed by atoms with Crippen molar-refractivity contribution in [3.8, 4) is 11.6 Å². The molecule has 4 nitrogen and oxygen atoms in total. The van der Waals surface area contributed by atoms with Gasteiger partial charge in [0.1, 0.15) is 0 Å². The highest BCUT2D eigenvalue weighted by Gasteiger charge is 2.11. The second kappa shape index (κ2) is 5.82. The van der Waals surface area contributed by atoms with Crippen molar-refractivity contribution in [3.05, 3.63) is 36.0 Å². The summed E-state index contributed by atoms with van der Waals surface area (Å²) < 4.78 is 20.9. The molecule has 2 heterocycles. The SMILES string of the molecule is CCCn1cc(Oc2nccc(CCl)c2F)cn1. The molecule has 2 aromatic rings. The Morgan fingerprint density at radius 3 is 3.06 bits per heavy atom. The highest BCUT2D eigenvalue weighted by atomic mass is 35.5. The average Bonchev–Trinajstić information content (AvgIpc) is 2.80. The van der Waals surface area contributed by atoms with Gasteiger partial charge in [0.05, 0.1) is 18.3 Å². The van der Waals surface area contributed by atoms with Gasteiger partial charge in [-0.15, -0.1) is 11.6 Å². The molecule has 0 bridgehead atoms. The topological polar surface area (TPSA) is 39.9 Å². The Hall–Kier alpha value is -1.62. The van der Waals surface area contributed by atoms with Gasteiger partial charge in [-0.2, -0.15) is 5.10 Å². The van der Waals surface area contributed by atoms with Gasteiger partial charge in [-0.3, -0.25) is 4.68 Å². The molecule has 96 valence electrons. The van der Waals surface area contributed by atoms with Gasteiger partial charge in [-0.05, 0) is 12.5 Å². The van der Waals surface area contributed by atoms with Gasteiger partial charge >= 0.3 is 0 Å². The third-order valence-electron chi connectivity index (χ3n) is 2.36. The van der Waals surface area contributed by atoms with E-state index >= 15 is 0 Å². The van der Waals surface area contributed by atoms with Crippen molar-refractivity contribution in [1.29, 1.82) is 0 Å². The standard InChI is InChI=1S/C12H13ClFN3O/c1-2-5-17-8-10(7-16-17)18-12-11(14)9(6-13)3-4-15-12/h3-4,7-8H,2,5-6H2,1H3. The van der Waals surface area contributed by atoms with Crippen LogP contribution in [0.4, 0.5) is 4.39 Å². The highest BCUT2D eigenvalue weighted by Crippen LogP contribution is 2.24. The molecule has 6 heteroatoms. The van der Waals surface area contributed by atoms with E-state index in [0.717, 1.165) is 13.0 Å². The van der Waals surface area contributed by atoms with Crippen molar-refractivity contribution < 1.29 is 9.13 Å². The Bertz CT molecular complexity index is 530. The fourth-order valence-electron chi connectivity index (χ4n) is 1.50. The summed E-state index contributed by atoms with van der Waals surface area (Å²) in [6.45, 7) is 2.84. The molecule has 0 spiro atoms. The van der Waals surface area contributed by atoms with E-state index in [9.17, 15) is 4.39 Å². The van der Waals surface area contributed by atoms with Gasteiger partial charge in [0.2, 0.25) is 0 Å². The third-order valence-corrected chi connectivity index (χ3v) is 2.65. The van der Waals surface area contributed by atoms with Gasteiger partial charge in [0, 0.05) is 18.3 Å². The molecule has 0 aliphatic heterocycles. The number of alkyl halides is 1. The van der Waals surface area contributed by atoms with Crippen molar-refractivity contribution in [1.82, 2.24) is 14.8 Å². The summed E-state index contributed by atoms with van der Waals surface area (Å²) in [7, 11) is 0. The Kier molecular flexibility index (Phi) is 4.15. The number of pyridine rings is 1. The molecular formula is C12H13ClFN3O. The molecule has 18 heavy (non-hydrogen) atoms. The molecule has 0 N–H and O–H groups in total. The zero-order chi connectivity index (χ0) is 13.0. The fourth-order valence-corrected chi connectivity index (χ4v) is 1.70. The number of aryl methyl sites for hydroxylation is 1. The predicted molar refractivity (Wildman–Crippen MR) is 66.3 cm³/mol. The summed E-state index contributed by atoms with van der Waals surface area (Å²) in [6, 6.07) is 1.52. The molecule has 0 aliphatic rings. The lowest BCUT2D eigenvalue weighted by atomic mass is 10.3. The molecule has 0 fully saturated rings. The van der Waals surface area contributed by atoms with Crippen LogP contribution < -0.4 is 4.74 Å². The first kappa shape index (κ1) is 12.8. The number of nitrogens with zero attached hydrogens (tertiary/aromatic N) is 3. The molecule has 0 saturated carbocycles. The lowest BCUT2D eigenvalue weighted by molar-refractivity contribution is 0.419. The van der Waals surface area contributed by atoms with E-state index < -0.39 is 5.82 Å². The minimum absolute atomic E-state index is 0.0794. The van der Waals surface area contributed by atoms with Crippen LogP contribution in [0.3, 0.4) is 0 Å². The zero-order valence-corrected chi connectivity index (χ0v) is 10.7. The molecule has 2 aromatic heterocycles. The first-order valence-electron chi connectivity index (χ1n) is 5.64. The number of ether oxygens (including phenoxy) is 1. The maximum Gasteiger partial charge on any atom is 0.256 e. The molecule has 2 rings (SSSR count). The molecule has 0 saturated heterocycles. The number of aromatic nitrogens is 3. The molecule has 0 amide bonds. The third kappa shape index (κ3) is 2.79. The normalized spacial score (nSPS) is 10.6. The zero-order valence-electron chi connectivity index (χ0n) is 9.94. The summed E-state index contributed by atoms with van der Waals surface area (Å²) in [4.78, 5) is 3.84. The second-order valence-corrected chi connectivity index (χ2v) is 4.03. The first-order valence-corrected chi connectivity index (χ1v) is 6.17. The van der Waals surface area contributed by atoms with Gasteiger partial charge in [0.25, 0.3) is 5.88 Å². The van der Waals surface area contributed by atoms with E-state index in [1.807, 2.05) is 6.92 Å². The maximum atomic E-state index is 13.8. The van der Waals surface area contributed by atoms with Crippen molar-refractivity contribution in [2.75, 3.05) is 0 Å². The lowest BCUT2D eigenvalue weighted by Gasteiger charge is -2.05. The minimum Gasteiger partial charge on any atom is -0.433 e.